The predicted molar refractivity (Wildman–Crippen MR) is 121 cm³/mol. The van der Waals surface area contributed by atoms with Crippen molar-refractivity contribution in [1.29, 1.82) is 0 Å². The fourth-order valence-electron chi connectivity index (χ4n) is 4.33. The molecular formula is C23H25N7O. The molecule has 8 nitrogen and oxygen atoms in total. The third-order valence-electron chi connectivity index (χ3n) is 6.05. The van der Waals surface area contributed by atoms with Crippen molar-refractivity contribution >= 4 is 17.0 Å². The molecule has 3 aromatic heterocycles. The first kappa shape index (κ1) is 19.4. The lowest BCUT2D eigenvalue weighted by Gasteiger charge is -2.25. The number of hydrogen-bond donors (Lipinski definition) is 1. The Bertz CT molecular complexity index is 1260. The average Bonchev–Trinajstić information content (AvgIpc) is 3.40. The van der Waals surface area contributed by atoms with Crippen molar-refractivity contribution in [3.05, 3.63) is 76.3 Å². The molecule has 4 aromatic rings. The number of rotatable bonds is 4. The fraction of sp³-hybridized carbons (Fsp3) is 0.304. The highest BCUT2D eigenvalue weighted by Crippen LogP contribution is 2.32. The normalized spacial score (nSPS) is 18.9. The summed E-state index contributed by atoms with van der Waals surface area (Å²) >= 11 is 0. The molecule has 2 unspecified atom stereocenters. The number of hydrogen-bond acceptors (Lipinski definition) is 6. The number of pyridine rings is 1. The number of aromatic amines is 1. The minimum atomic E-state index is -0.192. The number of aryl methyl sites for hydroxylation is 1. The highest BCUT2D eigenvalue weighted by atomic mass is 16.1. The van der Waals surface area contributed by atoms with Gasteiger partial charge in [0.2, 0.25) is 5.95 Å². The van der Waals surface area contributed by atoms with E-state index in [1.807, 2.05) is 18.2 Å². The van der Waals surface area contributed by atoms with E-state index in [1.54, 1.807) is 17.1 Å². The molecule has 0 radical (unpaired) electrons. The topological polar surface area (TPSA) is 82.9 Å². The number of H-pyrrole nitrogens is 1. The lowest BCUT2D eigenvalue weighted by atomic mass is 9.93. The summed E-state index contributed by atoms with van der Waals surface area (Å²) < 4.78 is 1.62. The maximum atomic E-state index is 12.8. The summed E-state index contributed by atoms with van der Waals surface area (Å²) in [6.07, 6.45) is 3.24. The molecule has 0 saturated carbocycles. The van der Waals surface area contributed by atoms with Gasteiger partial charge in [0.1, 0.15) is 5.39 Å². The predicted octanol–water partition coefficient (Wildman–Crippen LogP) is 2.35. The molecule has 5 rings (SSSR count). The van der Waals surface area contributed by atoms with E-state index in [9.17, 15) is 4.79 Å². The van der Waals surface area contributed by atoms with Crippen molar-refractivity contribution < 1.29 is 0 Å². The molecule has 158 valence electrons. The Balaban J connectivity index is 1.54. The van der Waals surface area contributed by atoms with E-state index in [0.29, 0.717) is 34.8 Å². The van der Waals surface area contributed by atoms with E-state index in [-0.39, 0.29) is 5.56 Å². The Morgan fingerprint density at radius 2 is 1.90 bits per heavy atom. The third-order valence-corrected chi connectivity index (χ3v) is 6.05. The van der Waals surface area contributed by atoms with Gasteiger partial charge in [-0.2, -0.15) is 14.8 Å². The fourth-order valence-corrected chi connectivity index (χ4v) is 4.33. The SMILES string of the molecule is Cc1ccc(C2CN(c3nc4c(cnn4-c4ccccn4)c(=O)[nH]3)CC2N(C)C)cc1. The highest BCUT2D eigenvalue weighted by Gasteiger charge is 2.36. The smallest absolute Gasteiger partial charge is 0.263 e. The van der Waals surface area contributed by atoms with Crippen LogP contribution in [0.5, 0.6) is 0 Å². The van der Waals surface area contributed by atoms with Crippen LogP contribution in [0.3, 0.4) is 0 Å². The summed E-state index contributed by atoms with van der Waals surface area (Å²) in [7, 11) is 4.20. The van der Waals surface area contributed by atoms with Crippen LogP contribution in [0.15, 0.2) is 59.7 Å². The summed E-state index contributed by atoms with van der Waals surface area (Å²) in [4.78, 5) is 29.3. The van der Waals surface area contributed by atoms with Crippen LogP contribution in [-0.4, -0.2) is 62.9 Å². The molecule has 1 aliphatic heterocycles. The van der Waals surface area contributed by atoms with Crippen LogP contribution in [0.4, 0.5) is 5.95 Å². The van der Waals surface area contributed by atoms with E-state index in [0.717, 1.165) is 13.1 Å². The molecule has 1 aromatic carbocycles. The molecular weight excluding hydrogens is 390 g/mol. The van der Waals surface area contributed by atoms with Crippen molar-refractivity contribution in [3.63, 3.8) is 0 Å². The van der Waals surface area contributed by atoms with E-state index in [4.69, 9.17) is 4.98 Å². The molecule has 1 fully saturated rings. The molecule has 0 amide bonds. The Morgan fingerprint density at radius 1 is 1.10 bits per heavy atom. The maximum Gasteiger partial charge on any atom is 0.263 e. The molecule has 31 heavy (non-hydrogen) atoms. The van der Waals surface area contributed by atoms with Gasteiger partial charge in [-0.1, -0.05) is 35.9 Å². The molecule has 0 spiro atoms. The van der Waals surface area contributed by atoms with Gasteiger partial charge in [0.05, 0.1) is 6.20 Å². The average molecular weight is 416 g/mol. The monoisotopic (exact) mass is 415 g/mol. The van der Waals surface area contributed by atoms with Gasteiger partial charge >= 0.3 is 0 Å². The Morgan fingerprint density at radius 3 is 2.61 bits per heavy atom. The number of anilines is 1. The van der Waals surface area contributed by atoms with Crippen LogP contribution in [0.2, 0.25) is 0 Å². The largest absolute Gasteiger partial charge is 0.340 e. The van der Waals surface area contributed by atoms with Gasteiger partial charge in [0.25, 0.3) is 5.56 Å². The van der Waals surface area contributed by atoms with Gasteiger partial charge in [-0.25, -0.2) is 4.98 Å². The zero-order chi connectivity index (χ0) is 21.5. The van der Waals surface area contributed by atoms with Crippen molar-refractivity contribution in [1.82, 2.24) is 29.6 Å². The highest BCUT2D eigenvalue weighted by molar-refractivity contribution is 5.76. The zero-order valence-electron chi connectivity index (χ0n) is 17.9. The first-order valence-corrected chi connectivity index (χ1v) is 10.4. The van der Waals surface area contributed by atoms with Gasteiger partial charge in [-0.3, -0.25) is 9.78 Å². The van der Waals surface area contributed by atoms with Crippen molar-refractivity contribution in [2.24, 2.45) is 0 Å². The van der Waals surface area contributed by atoms with Gasteiger partial charge in [-0.05, 0) is 38.7 Å². The van der Waals surface area contributed by atoms with Gasteiger partial charge < -0.3 is 9.80 Å². The molecule has 2 atom stereocenters. The van der Waals surface area contributed by atoms with Crippen molar-refractivity contribution in [3.8, 4) is 5.82 Å². The number of aromatic nitrogens is 5. The zero-order valence-corrected chi connectivity index (χ0v) is 17.9. The summed E-state index contributed by atoms with van der Waals surface area (Å²) in [5.41, 5.74) is 2.87. The molecule has 0 aliphatic carbocycles. The lowest BCUT2D eigenvalue weighted by molar-refractivity contribution is 0.292. The number of nitrogens with zero attached hydrogens (tertiary/aromatic N) is 6. The summed E-state index contributed by atoms with van der Waals surface area (Å²) in [5.74, 6) is 1.51. The van der Waals surface area contributed by atoms with Crippen LogP contribution in [-0.2, 0) is 0 Å². The second-order valence-corrected chi connectivity index (χ2v) is 8.32. The second kappa shape index (κ2) is 7.63. The lowest BCUT2D eigenvalue weighted by Crippen LogP contribution is -2.35. The van der Waals surface area contributed by atoms with Crippen LogP contribution >= 0.6 is 0 Å². The van der Waals surface area contributed by atoms with Gasteiger partial charge in [-0.15, -0.1) is 0 Å². The van der Waals surface area contributed by atoms with Gasteiger partial charge in [0, 0.05) is 31.2 Å². The first-order valence-electron chi connectivity index (χ1n) is 10.4. The molecule has 1 N–H and O–H groups in total. The van der Waals surface area contributed by atoms with E-state index in [1.165, 1.54) is 11.1 Å². The standard InChI is InChI=1S/C23H25N7O/c1-15-7-9-16(10-8-15)18-13-29(14-19(18)28(2)3)23-26-21-17(22(31)27-23)12-25-30(21)20-6-4-5-11-24-20/h4-12,18-19H,13-14H2,1-3H3,(H,26,27,31). The molecule has 1 saturated heterocycles. The molecule has 8 heteroatoms. The van der Waals surface area contributed by atoms with E-state index in [2.05, 4.69) is 70.2 Å². The number of benzene rings is 1. The third kappa shape index (κ3) is 3.48. The number of fused-ring (bicyclic) bond motifs is 1. The maximum absolute atomic E-state index is 12.8. The molecule has 1 aliphatic rings. The minimum absolute atomic E-state index is 0.192. The minimum Gasteiger partial charge on any atom is -0.340 e. The summed E-state index contributed by atoms with van der Waals surface area (Å²) in [6, 6.07) is 14.6. The summed E-state index contributed by atoms with van der Waals surface area (Å²) in [5, 5.41) is 4.80. The van der Waals surface area contributed by atoms with Crippen molar-refractivity contribution in [2.75, 3.05) is 32.1 Å². The number of nitrogens with one attached hydrogen (secondary N) is 1. The Hall–Kier alpha value is -3.52. The Labute approximate surface area is 180 Å². The van der Waals surface area contributed by atoms with Crippen molar-refractivity contribution in [2.45, 2.75) is 18.9 Å². The quantitative estimate of drug-likeness (QED) is 0.551. The van der Waals surface area contributed by atoms with Crippen LogP contribution in [0, 0.1) is 6.92 Å². The number of likely N-dealkylation sites (N-methyl/N-ethyl adjacent to an activating group) is 1. The second-order valence-electron chi connectivity index (χ2n) is 8.32. The first-order chi connectivity index (χ1) is 15.0. The van der Waals surface area contributed by atoms with E-state index >= 15 is 0 Å². The van der Waals surface area contributed by atoms with E-state index < -0.39 is 0 Å². The summed E-state index contributed by atoms with van der Waals surface area (Å²) in [6.45, 7) is 3.65. The molecule has 0 bridgehead atoms. The van der Waals surface area contributed by atoms with Crippen LogP contribution < -0.4 is 10.5 Å². The van der Waals surface area contributed by atoms with Crippen LogP contribution in [0.25, 0.3) is 16.9 Å². The molecule has 4 heterocycles. The van der Waals surface area contributed by atoms with Gasteiger partial charge in [0.15, 0.2) is 11.5 Å². The Kier molecular flexibility index (Phi) is 4.78. The van der Waals surface area contributed by atoms with Crippen LogP contribution in [0.1, 0.15) is 17.0 Å².